The minimum Gasteiger partial charge on any atom is -0.478 e. The number of benzene rings is 1. The van der Waals surface area contributed by atoms with Crippen molar-refractivity contribution >= 4 is 11.9 Å². The van der Waals surface area contributed by atoms with Crippen LogP contribution >= 0.6 is 0 Å². The van der Waals surface area contributed by atoms with Gasteiger partial charge in [-0.1, -0.05) is 31.2 Å². The van der Waals surface area contributed by atoms with Gasteiger partial charge in [-0.2, -0.15) is 0 Å². The third-order valence-electron chi connectivity index (χ3n) is 4.28. The van der Waals surface area contributed by atoms with E-state index in [1.54, 1.807) is 6.92 Å². The molecule has 5 heteroatoms. The number of nitrogens with one attached hydrogen (secondary N) is 1. The SMILES string of the molecule is CCc1oc(C(=O)NC2(C)Cc3ccccc3C2)cc1C(=O)O. The summed E-state index contributed by atoms with van der Waals surface area (Å²) in [5.74, 6) is -1.08. The van der Waals surface area contributed by atoms with Crippen LogP contribution in [0.1, 0.15) is 51.6 Å². The number of amides is 1. The van der Waals surface area contributed by atoms with Crippen molar-refractivity contribution in [2.45, 2.75) is 38.6 Å². The minimum absolute atomic E-state index is 0.0523. The molecule has 0 saturated carbocycles. The van der Waals surface area contributed by atoms with Gasteiger partial charge in [0.25, 0.3) is 5.91 Å². The van der Waals surface area contributed by atoms with Crippen molar-refractivity contribution in [3.05, 3.63) is 58.5 Å². The molecular formula is C18H19NO4. The van der Waals surface area contributed by atoms with Gasteiger partial charge in [-0.05, 0) is 30.9 Å². The van der Waals surface area contributed by atoms with Gasteiger partial charge in [-0.25, -0.2) is 4.79 Å². The van der Waals surface area contributed by atoms with Crippen LogP contribution in [0.15, 0.2) is 34.7 Å². The number of hydrogen-bond acceptors (Lipinski definition) is 3. The molecular weight excluding hydrogens is 294 g/mol. The first-order valence-corrected chi connectivity index (χ1v) is 7.67. The smallest absolute Gasteiger partial charge is 0.339 e. The number of aromatic carboxylic acids is 1. The van der Waals surface area contributed by atoms with Crippen molar-refractivity contribution < 1.29 is 19.1 Å². The van der Waals surface area contributed by atoms with E-state index < -0.39 is 5.97 Å². The number of fused-ring (bicyclic) bond motifs is 1. The highest BCUT2D eigenvalue weighted by Crippen LogP contribution is 2.30. The van der Waals surface area contributed by atoms with Gasteiger partial charge in [-0.3, -0.25) is 4.79 Å². The topological polar surface area (TPSA) is 79.5 Å². The van der Waals surface area contributed by atoms with Gasteiger partial charge in [0.1, 0.15) is 11.3 Å². The van der Waals surface area contributed by atoms with Crippen molar-refractivity contribution in [3.8, 4) is 0 Å². The molecule has 5 nitrogen and oxygen atoms in total. The summed E-state index contributed by atoms with van der Waals surface area (Å²) in [4.78, 5) is 23.6. The molecule has 0 radical (unpaired) electrons. The zero-order chi connectivity index (χ0) is 16.6. The van der Waals surface area contributed by atoms with Gasteiger partial charge >= 0.3 is 5.97 Å². The molecule has 1 aromatic carbocycles. The van der Waals surface area contributed by atoms with E-state index in [-0.39, 0.29) is 22.8 Å². The van der Waals surface area contributed by atoms with E-state index in [0.717, 1.165) is 12.8 Å². The number of carboxylic acids is 1. The van der Waals surface area contributed by atoms with Crippen LogP contribution in [0.3, 0.4) is 0 Å². The van der Waals surface area contributed by atoms with E-state index in [0.29, 0.717) is 12.2 Å². The maximum atomic E-state index is 12.5. The second-order valence-corrected chi connectivity index (χ2v) is 6.24. The lowest BCUT2D eigenvalue weighted by Crippen LogP contribution is -2.46. The summed E-state index contributed by atoms with van der Waals surface area (Å²) in [5.41, 5.74) is 2.13. The average molecular weight is 313 g/mol. The fourth-order valence-electron chi connectivity index (χ4n) is 3.21. The minimum atomic E-state index is -1.08. The molecule has 1 aliphatic carbocycles. The van der Waals surface area contributed by atoms with Crippen LogP contribution in [-0.4, -0.2) is 22.5 Å². The van der Waals surface area contributed by atoms with Gasteiger partial charge in [0, 0.05) is 18.0 Å². The number of rotatable bonds is 4. The number of furan rings is 1. The average Bonchev–Trinajstić information content (AvgIpc) is 3.06. The van der Waals surface area contributed by atoms with Crippen molar-refractivity contribution in [1.82, 2.24) is 5.32 Å². The molecule has 0 saturated heterocycles. The molecule has 0 spiro atoms. The van der Waals surface area contributed by atoms with Crippen molar-refractivity contribution in [1.29, 1.82) is 0 Å². The highest BCUT2D eigenvalue weighted by molar-refractivity contribution is 5.96. The lowest BCUT2D eigenvalue weighted by molar-refractivity contribution is 0.0694. The number of hydrogen-bond donors (Lipinski definition) is 2. The summed E-state index contributed by atoms with van der Waals surface area (Å²) in [5, 5.41) is 12.1. The summed E-state index contributed by atoms with van der Waals surface area (Å²) in [7, 11) is 0. The summed E-state index contributed by atoms with van der Waals surface area (Å²) < 4.78 is 5.43. The van der Waals surface area contributed by atoms with Crippen LogP contribution < -0.4 is 5.32 Å². The maximum Gasteiger partial charge on any atom is 0.339 e. The van der Waals surface area contributed by atoms with Crippen molar-refractivity contribution in [2.24, 2.45) is 0 Å². The molecule has 0 bridgehead atoms. The summed E-state index contributed by atoms with van der Waals surface area (Å²) in [6, 6.07) is 9.42. The molecule has 1 amide bonds. The van der Waals surface area contributed by atoms with Gasteiger partial charge < -0.3 is 14.8 Å². The summed E-state index contributed by atoms with van der Waals surface area (Å²) >= 11 is 0. The van der Waals surface area contributed by atoms with E-state index in [2.05, 4.69) is 17.4 Å². The van der Waals surface area contributed by atoms with Gasteiger partial charge in [-0.15, -0.1) is 0 Å². The van der Waals surface area contributed by atoms with E-state index in [1.165, 1.54) is 17.2 Å². The summed E-state index contributed by atoms with van der Waals surface area (Å²) in [6.07, 6.45) is 1.93. The first kappa shape index (κ1) is 15.3. The Kier molecular flexibility index (Phi) is 3.72. The van der Waals surface area contributed by atoms with Crippen LogP contribution in [-0.2, 0) is 19.3 Å². The molecule has 1 aliphatic rings. The monoisotopic (exact) mass is 313 g/mol. The Morgan fingerprint density at radius 2 is 1.87 bits per heavy atom. The molecule has 0 unspecified atom stereocenters. The Hall–Kier alpha value is -2.56. The lowest BCUT2D eigenvalue weighted by atomic mass is 9.98. The fourth-order valence-corrected chi connectivity index (χ4v) is 3.21. The highest BCUT2D eigenvalue weighted by atomic mass is 16.4. The quantitative estimate of drug-likeness (QED) is 0.909. The van der Waals surface area contributed by atoms with E-state index in [1.807, 2.05) is 19.1 Å². The second-order valence-electron chi connectivity index (χ2n) is 6.24. The van der Waals surface area contributed by atoms with Crippen LogP contribution in [0, 0.1) is 0 Å². The van der Waals surface area contributed by atoms with Crippen molar-refractivity contribution in [2.75, 3.05) is 0 Å². The van der Waals surface area contributed by atoms with Crippen LogP contribution in [0.5, 0.6) is 0 Å². The predicted molar refractivity (Wildman–Crippen MR) is 84.8 cm³/mol. The maximum absolute atomic E-state index is 12.5. The van der Waals surface area contributed by atoms with Crippen LogP contribution in [0.2, 0.25) is 0 Å². The molecule has 0 fully saturated rings. The number of carboxylic acid groups (broad SMARTS) is 1. The first-order valence-electron chi connectivity index (χ1n) is 7.67. The molecule has 23 heavy (non-hydrogen) atoms. The number of carbonyl (C=O) groups is 2. The molecule has 3 rings (SSSR count). The lowest BCUT2D eigenvalue weighted by Gasteiger charge is -2.24. The Morgan fingerprint density at radius 3 is 2.35 bits per heavy atom. The molecule has 120 valence electrons. The molecule has 1 heterocycles. The molecule has 1 aromatic heterocycles. The van der Waals surface area contributed by atoms with E-state index >= 15 is 0 Å². The third-order valence-corrected chi connectivity index (χ3v) is 4.28. The van der Waals surface area contributed by atoms with Gasteiger partial charge in [0.05, 0.1) is 0 Å². The Bertz CT molecular complexity index is 750. The zero-order valence-corrected chi connectivity index (χ0v) is 13.2. The predicted octanol–water partition coefficient (Wildman–Crippen LogP) is 2.83. The third kappa shape index (κ3) is 2.86. The first-order chi connectivity index (χ1) is 10.9. The molecule has 2 N–H and O–H groups in total. The van der Waals surface area contributed by atoms with Crippen LogP contribution in [0.4, 0.5) is 0 Å². The Labute approximate surface area is 134 Å². The van der Waals surface area contributed by atoms with E-state index in [9.17, 15) is 9.59 Å². The summed E-state index contributed by atoms with van der Waals surface area (Å²) in [6.45, 7) is 3.79. The van der Waals surface area contributed by atoms with Crippen molar-refractivity contribution in [3.63, 3.8) is 0 Å². The Morgan fingerprint density at radius 1 is 1.26 bits per heavy atom. The molecule has 0 aliphatic heterocycles. The standard InChI is InChI=1S/C18H19NO4/c1-3-14-13(17(21)22)8-15(23-14)16(20)19-18(2)9-11-6-4-5-7-12(11)10-18/h4-8H,3,9-10H2,1-2H3,(H,19,20)(H,21,22). The largest absolute Gasteiger partial charge is 0.478 e. The molecule has 2 aromatic rings. The normalized spacial score (nSPS) is 15.2. The number of aryl methyl sites for hydroxylation is 1. The Balaban J connectivity index is 1.79. The molecule has 0 atom stereocenters. The fraction of sp³-hybridized carbons (Fsp3) is 0.333. The number of carbonyl (C=O) groups excluding carboxylic acids is 1. The highest BCUT2D eigenvalue weighted by Gasteiger charge is 2.35. The zero-order valence-electron chi connectivity index (χ0n) is 13.2. The van der Waals surface area contributed by atoms with Gasteiger partial charge in [0.15, 0.2) is 5.76 Å². The van der Waals surface area contributed by atoms with E-state index in [4.69, 9.17) is 9.52 Å². The second kappa shape index (κ2) is 5.57. The van der Waals surface area contributed by atoms with Crippen LogP contribution in [0.25, 0.3) is 0 Å². The van der Waals surface area contributed by atoms with Gasteiger partial charge in [0.2, 0.25) is 0 Å².